The molecular weight excluding hydrogens is 580 g/mol. The number of para-hydroxylation sites is 2. The summed E-state index contributed by atoms with van der Waals surface area (Å²) in [5, 5.41) is 9.87. The number of carbonyl (C=O) groups excluding carboxylic acids is 1. The Hall–Kier alpha value is -3.87. The Morgan fingerprint density at radius 1 is 0.833 bits per heavy atom. The van der Waals surface area contributed by atoms with Crippen LogP contribution < -0.4 is 4.57 Å². The molecule has 0 aliphatic rings. The van der Waals surface area contributed by atoms with Gasteiger partial charge >= 0.3 is 5.97 Å². The molecule has 0 aliphatic heterocycles. The molecule has 222 valence electrons. The van der Waals surface area contributed by atoms with E-state index in [-0.39, 0.29) is 29.8 Å². The van der Waals surface area contributed by atoms with Gasteiger partial charge in [-0.3, -0.25) is 14.1 Å². The number of benzene rings is 3. The molecule has 12 heteroatoms. The topological polar surface area (TPSA) is 150 Å². The van der Waals surface area contributed by atoms with Gasteiger partial charge in [0.05, 0.1) is 27.0 Å². The molecule has 2 N–H and O–H groups in total. The third-order valence-electron chi connectivity index (χ3n) is 6.93. The van der Waals surface area contributed by atoms with Crippen LogP contribution in [0.1, 0.15) is 49.0 Å². The third-order valence-corrected chi connectivity index (χ3v) is 9.71. The largest absolute Gasteiger partial charge is 0.481 e. The standard InChI is InChI=1S/C30H32N2O8S2/c1-21(2)32(42(39,40)23-17-15-22(16-18-23)9-7-14-28(33)34)30(35)29-24-10-3-5-12-26(24)31(19-8-20-41(36,37)38)27-13-6-4-11-25(27)29/h3-6,10-13,15-18,21H,7-9,14,19-20H2,1-2H3,(H-,33,34,36,37,38)/p+1. The number of nitrogens with zero attached hydrogens (tertiary/aromatic N) is 2. The summed E-state index contributed by atoms with van der Waals surface area (Å²) in [4.78, 5) is 25.1. The molecule has 0 spiro atoms. The maximum absolute atomic E-state index is 14.3. The number of sulfonamides is 1. The number of aromatic nitrogens is 1. The normalized spacial score (nSPS) is 12.2. The van der Waals surface area contributed by atoms with E-state index in [1.54, 1.807) is 74.5 Å². The molecule has 4 rings (SSSR count). The number of carbonyl (C=O) groups is 2. The van der Waals surface area contributed by atoms with E-state index in [1.807, 2.05) is 4.57 Å². The molecular formula is C30H33N2O8S2+. The van der Waals surface area contributed by atoms with Gasteiger partial charge in [0.15, 0.2) is 6.54 Å². The average Bonchev–Trinajstić information content (AvgIpc) is 2.91. The van der Waals surface area contributed by atoms with Crippen LogP contribution in [0.3, 0.4) is 0 Å². The number of amides is 1. The summed E-state index contributed by atoms with van der Waals surface area (Å²) in [6.45, 7) is 3.48. The number of hydrogen-bond acceptors (Lipinski definition) is 6. The van der Waals surface area contributed by atoms with E-state index in [9.17, 15) is 31.0 Å². The molecule has 1 heterocycles. The average molecular weight is 614 g/mol. The summed E-state index contributed by atoms with van der Waals surface area (Å²) in [6.07, 6.45) is 1.03. The van der Waals surface area contributed by atoms with E-state index in [0.717, 1.165) is 9.87 Å². The van der Waals surface area contributed by atoms with Crippen molar-refractivity contribution in [2.24, 2.45) is 0 Å². The summed E-state index contributed by atoms with van der Waals surface area (Å²) >= 11 is 0. The minimum Gasteiger partial charge on any atom is -0.481 e. The molecule has 0 bridgehead atoms. The van der Waals surface area contributed by atoms with E-state index in [4.69, 9.17) is 5.11 Å². The smallest absolute Gasteiger partial charge is 0.303 e. The Labute approximate surface area is 245 Å². The summed E-state index contributed by atoms with van der Waals surface area (Å²) in [6, 6.07) is 19.4. The number of carboxylic acid groups (broad SMARTS) is 1. The maximum Gasteiger partial charge on any atom is 0.303 e. The van der Waals surface area contributed by atoms with Crippen molar-refractivity contribution in [1.29, 1.82) is 0 Å². The van der Waals surface area contributed by atoms with Crippen molar-refractivity contribution in [3.05, 3.63) is 83.9 Å². The summed E-state index contributed by atoms with van der Waals surface area (Å²) in [7, 11) is -8.45. The second kappa shape index (κ2) is 12.6. The van der Waals surface area contributed by atoms with Crippen molar-refractivity contribution in [3.8, 4) is 0 Å². The molecule has 0 saturated carbocycles. The van der Waals surface area contributed by atoms with Gasteiger partial charge in [-0.05, 0) is 56.5 Å². The van der Waals surface area contributed by atoms with Crippen LogP contribution in [0.25, 0.3) is 21.8 Å². The zero-order valence-electron chi connectivity index (χ0n) is 23.3. The highest BCUT2D eigenvalue weighted by atomic mass is 32.2. The van der Waals surface area contributed by atoms with Crippen LogP contribution >= 0.6 is 0 Å². The molecule has 42 heavy (non-hydrogen) atoms. The number of carboxylic acids is 1. The fourth-order valence-electron chi connectivity index (χ4n) is 5.11. The van der Waals surface area contributed by atoms with E-state index < -0.39 is 43.8 Å². The van der Waals surface area contributed by atoms with Gasteiger partial charge in [-0.15, -0.1) is 0 Å². The minimum atomic E-state index is -4.29. The molecule has 1 amide bonds. The summed E-state index contributed by atoms with van der Waals surface area (Å²) in [5.41, 5.74) is 2.22. The number of aryl methyl sites for hydroxylation is 2. The fraction of sp³-hybridized carbons (Fsp3) is 0.300. The Bertz CT molecular complexity index is 1800. The molecule has 10 nitrogen and oxygen atoms in total. The van der Waals surface area contributed by atoms with Gasteiger partial charge in [-0.25, -0.2) is 12.7 Å². The zero-order valence-corrected chi connectivity index (χ0v) is 24.9. The van der Waals surface area contributed by atoms with Crippen LogP contribution in [-0.4, -0.2) is 54.5 Å². The summed E-state index contributed by atoms with van der Waals surface area (Å²) in [5.74, 6) is -2.03. The van der Waals surface area contributed by atoms with Crippen LogP contribution in [0, 0.1) is 0 Å². The monoisotopic (exact) mass is 613 g/mol. The van der Waals surface area contributed by atoms with Crippen molar-refractivity contribution in [3.63, 3.8) is 0 Å². The van der Waals surface area contributed by atoms with Crippen molar-refractivity contribution in [1.82, 2.24) is 4.31 Å². The quantitative estimate of drug-likeness (QED) is 0.137. The highest BCUT2D eigenvalue weighted by molar-refractivity contribution is 7.89. The predicted octanol–water partition coefficient (Wildman–Crippen LogP) is 4.21. The minimum absolute atomic E-state index is 0.00913. The molecule has 0 saturated heterocycles. The molecule has 0 radical (unpaired) electrons. The Balaban J connectivity index is 1.80. The number of rotatable bonds is 12. The van der Waals surface area contributed by atoms with Gasteiger partial charge in [0.25, 0.3) is 26.0 Å². The maximum atomic E-state index is 14.3. The molecule has 3 aromatic carbocycles. The van der Waals surface area contributed by atoms with Crippen molar-refractivity contribution in [2.75, 3.05) is 5.75 Å². The molecule has 0 unspecified atom stereocenters. The van der Waals surface area contributed by atoms with Crippen LogP contribution in [0.15, 0.2) is 77.7 Å². The highest BCUT2D eigenvalue weighted by Gasteiger charge is 2.36. The van der Waals surface area contributed by atoms with E-state index in [1.165, 1.54) is 12.1 Å². The van der Waals surface area contributed by atoms with Crippen LogP contribution in [0.5, 0.6) is 0 Å². The van der Waals surface area contributed by atoms with Crippen molar-refractivity contribution in [2.45, 2.75) is 57.0 Å². The van der Waals surface area contributed by atoms with E-state index >= 15 is 0 Å². The number of hydrogen-bond donors (Lipinski definition) is 2. The Kier molecular flexibility index (Phi) is 9.29. The number of aliphatic carboxylic acids is 1. The van der Waals surface area contributed by atoms with Gasteiger partial charge in [0.2, 0.25) is 11.0 Å². The van der Waals surface area contributed by atoms with Crippen LogP contribution in [-0.2, 0) is 37.9 Å². The SMILES string of the molecule is CC(C)N(C(=O)c1c2ccccc2[n+](CCCS(=O)(=O)O)c2ccccc12)S(=O)(=O)c1ccc(CCCC(=O)O)cc1. The second-order valence-electron chi connectivity index (χ2n) is 10.3. The van der Waals surface area contributed by atoms with Crippen LogP contribution in [0.2, 0.25) is 0 Å². The molecule has 4 aromatic rings. The van der Waals surface area contributed by atoms with Gasteiger partial charge in [-0.2, -0.15) is 13.0 Å². The lowest BCUT2D eigenvalue weighted by atomic mass is 10.0. The van der Waals surface area contributed by atoms with Gasteiger partial charge in [0, 0.05) is 31.0 Å². The Morgan fingerprint density at radius 2 is 1.38 bits per heavy atom. The first-order valence-corrected chi connectivity index (χ1v) is 16.5. The van der Waals surface area contributed by atoms with Gasteiger partial charge in [0.1, 0.15) is 0 Å². The first kappa shape index (κ1) is 31.1. The van der Waals surface area contributed by atoms with Gasteiger partial charge in [-0.1, -0.05) is 36.4 Å². The lowest BCUT2D eigenvalue weighted by Crippen LogP contribution is -2.43. The first-order chi connectivity index (χ1) is 19.8. The second-order valence-corrected chi connectivity index (χ2v) is 13.7. The lowest BCUT2D eigenvalue weighted by Gasteiger charge is -2.27. The van der Waals surface area contributed by atoms with Crippen LogP contribution in [0.4, 0.5) is 0 Å². The fourth-order valence-corrected chi connectivity index (χ4v) is 7.17. The molecule has 0 atom stereocenters. The Morgan fingerprint density at radius 3 is 1.88 bits per heavy atom. The zero-order chi connectivity index (χ0) is 30.7. The van der Waals surface area contributed by atoms with Gasteiger partial charge < -0.3 is 5.11 Å². The van der Waals surface area contributed by atoms with Crippen molar-refractivity contribution < 1.29 is 40.7 Å². The number of pyridine rings is 1. The lowest BCUT2D eigenvalue weighted by molar-refractivity contribution is -0.645. The molecule has 0 fully saturated rings. The van der Waals surface area contributed by atoms with E-state index in [2.05, 4.69) is 0 Å². The first-order valence-electron chi connectivity index (χ1n) is 13.5. The van der Waals surface area contributed by atoms with Crippen molar-refractivity contribution >= 4 is 53.8 Å². The summed E-state index contributed by atoms with van der Waals surface area (Å²) < 4.78 is 62.5. The number of fused-ring (bicyclic) bond motifs is 2. The van der Waals surface area contributed by atoms with E-state index in [0.29, 0.717) is 34.6 Å². The molecule has 1 aromatic heterocycles. The highest BCUT2D eigenvalue weighted by Crippen LogP contribution is 2.30. The predicted molar refractivity (Wildman–Crippen MR) is 158 cm³/mol. The third kappa shape index (κ3) is 6.77. The molecule has 0 aliphatic carbocycles.